The number of allylic oxidation sites excluding steroid dienone is 1. The summed E-state index contributed by atoms with van der Waals surface area (Å²) < 4.78 is 32.3. The first-order chi connectivity index (χ1) is 21.4. The molecule has 3 aromatic rings. The lowest BCUT2D eigenvalue weighted by atomic mass is 9.88. The first kappa shape index (κ1) is 34.4. The van der Waals surface area contributed by atoms with Crippen molar-refractivity contribution in [2.45, 2.75) is 104 Å². The average Bonchev–Trinajstić information content (AvgIpc) is 3.40. The van der Waals surface area contributed by atoms with Crippen molar-refractivity contribution in [3.8, 4) is 11.5 Å². The van der Waals surface area contributed by atoms with Gasteiger partial charge >= 0.3 is 0 Å². The molecule has 2 aromatic carbocycles. The number of hydrogen-bond acceptors (Lipinski definition) is 7. The van der Waals surface area contributed by atoms with E-state index in [2.05, 4.69) is 31.4 Å². The number of hydrogen-bond donors (Lipinski definition) is 2. The van der Waals surface area contributed by atoms with Crippen LogP contribution in [0.2, 0.25) is 0 Å². The second kappa shape index (κ2) is 15.7. The number of rotatable bonds is 17. The van der Waals surface area contributed by atoms with Gasteiger partial charge in [0.25, 0.3) is 0 Å². The van der Waals surface area contributed by atoms with Crippen LogP contribution >= 0.6 is 0 Å². The zero-order valence-electron chi connectivity index (χ0n) is 27.7. The number of halogens is 1. The summed E-state index contributed by atoms with van der Waals surface area (Å²) in [7, 11) is 0. The zero-order chi connectivity index (χ0) is 32.7. The number of carbonyl (C=O) groups is 2. The molecule has 1 heterocycles. The Morgan fingerprint density at radius 1 is 0.978 bits per heavy atom. The lowest BCUT2D eigenvalue weighted by molar-refractivity contribution is -0.117. The highest BCUT2D eigenvalue weighted by Crippen LogP contribution is 2.30. The van der Waals surface area contributed by atoms with Gasteiger partial charge < -0.3 is 24.5 Å². The fourth-order valence-corrected chi connectivity index (χ4v) is 5.38. The average molecular weight is 621 g/mol. The van der Waals surface area contributed by atoms with E-state index < -0.39 is 5.82 Å². The fraction of sp³-hybridized carbons (Fsp3) is 0.514. The zero-order valence-corrected chi connectivity index (χ0v) is 27.7. The maximum Gasteiger partial charge on any atom is 0.200 e. The van der Waals surface area contributed by atoms with Crippen LogP contribution in [0.5, 0.6) is 11.5 Å². The Labute approximate surface area is 266 Å². The quantitative estimate of drug-likeness (QED) is 0.118. The largest absolute Gasteiger partial charge is 0.490 e. The van der Waals surface area contributed by atoms with Crippen LogP contribution in [0.4, 0.5) is 4.39 Å². The van der Waals surface area contributed by atoms with Gasteiger partial charge in [-0.3, -0.25) is 9.59 Å². The Hall–Kier alpha value is -3.49. The van der Waals surface area contributed by atoms with Gasteiger partial charge in [0.2, 0.25) is 5.78 Å². The predicted octanol–water partition coefficient (Wildman–Crippen LogP) is 7.76. The molecule has 0 spiro atoms. The van der Waals surface area contributed by atoms with Crippen LogP contribution in [0.3, 0.4) is 0 Å². The van der Waals surface area contributed by atoms with Crippen LogP contribution in [0.25, 0.3) is 17.0 Å². The number of Topliss-reactive ketones (excluding diaryl/α,β-unsaturated/α-hetero) is 1. The van der Waals surface area contributed by atoms with Gasteiger partial charge in [-0.2, -0.15) is 0 Å². The summed E-state index contributed by atoms with van der Waals surface area (Å²) in [6.07, 6.45) is 6.45. The molecule has 1 aliphatic carbocycles. The van der Waals surface area contributed by atoms with Gasteiger partial charge in [0.05, 0.1) is 0 Å². The summed E-state index contributed by atoms with van der Waals surface area (Å²) in [5.41, 5.74) is 0.997. The first-order valence-corrected chi connectivity index (χ1v) is 16.3. The highest BCUT2D eigenvalue weighted by Gasteiger charge is 2.31. The first-order valence-electron chi connectivity index (χ1n) is 16.3. The van der Waals surface area contributed by atoms with Gasteiger partial charge in [0, 0.05) is 47.5 Å². The maximum atomic E-state index is 14.2. The van der Waals surface area contributed by atoms with E-state index in [-0.39, 0.29) is 41.7 Å². The predicted molar refractivity (Wildman–Crippen MR) is 177 cm³/mol. The molecule has 8 heteroatoms. The molecule has 4 rings (SSSR count). The SMILES string of the molecule is CC(CCC(C)C(=O)c1cc2cc(O[C@H]3C[C@@H](NC(C)C)C3)ccc2o1)NC[C@@H](C)Oc1ccc(F)c(/C=C/C(=O)C(C)C)c1. The second-order valence-corrected chi connectivity index (χ2v) is 13.2. The number of carbonyl (C=O) groups excluding carboxylic acids is 2. The Balaban J connectivity index is 1.21. The summed E-state index contributed by atoms with van der Waals surface area (Å²) in [6.45, 7) is 14.5. The minimum atomic E-state index is -0.406. The van der Waals surface area contributed by atoms with Crippen molar-refractivity contribution in [1.82, 2.24) is 10.6 Å². The molecule has 1 aromatic heterocycles. The molecule has 0 bridgehead atoms. The van der Waals surface area contributed by atoms with E-state index in [1.54, 1.807) is 26.0 Å². The molecule has 244 valence electrons. The maximum absolute atomic E-state index is 14.2. The van der Waals surface area contributed by atoms with E-state index in [9.17, 15) is 14.0 Å². The summed E-state index contributed by atoms with van der Waals surface area (Å²) in [5, 5.41) is 7.88. The molecule has 45 heavy (non-hydrogen) atoms. The molecule has 0 amide bonds. The van der Waals surface area contributed by atoms with Crippen molar-refractivity contribution in [3.05, 3.63) is 65.7 Å². The van der Waals surface area contributed by atoms with Crippen molar-refractivity contribution in [3.63, 3.8) is 0 Å². The molecule has 7 nitrogen and oxygen atoms in total. The van der Waals surface area contributed by atoms with Gasteiger partial charge in [0.1, 0.15) is 35.1 Å². The van der Waals surface area contributed by atoms with Crippen molar-refractivity contribution in [2.24, 2.45) is 11.8 Å². The van der Waals surface area contributed by atoms with Crippen molar-refractivity contribution in [1.29, 1.82) is 0 Å². The van der Waals surface area contributed by atoms with Crippen molar-refractivity contribution in [2.75, 3.05) is 6.54 Å². The number of ketones is 2. The van der Waals surface area contributed by atoms with Gasteiger partial charge in [-0.25, -0.2) is 4.39 Å². The molecule has 0 radical (unpaired) electrons. The molecule has 1 aliphatic rings. The van der Waals surface area contributed by atoms with Crippen LogP contribution in [-0.2, 0) is 4.79 Å². The van der Waals surface area contributed by atoms with E-state index in [1.165, 1.54) is 18.2 Å². The van der Waals surface area contributed by atoms with Gasteiger partial charge in [-0.1, -0.05) is 34.6 Å². The van der Waals surface area contributed by atoms with E-state index in [0.717, 1.165) is 30.4 Å². The molecular weight excluding hydrogens is 571 g/mol. The van der Waals surface area contributed by atoms with E-state index in [0.29, 0.717) is 47.7 Å². The number of nitrogens with one attached hydrogen (secondary N) is 2. The lowest BCUT2D eigenvalue weighted by Crippen LogP contribution is -2.49. The van der Waals surface area contributed by atoms with Crippen molar-refractivity contribution >= 4 is 28.6 Å². The molecular formula is C37H49FN2O5. The standard InChI is InChI=1S/C37H49FN2O5/c1-22(2)34(41)14-10-27-16-30(11-13-33(27)38)43-26(7)21-39-25(6)9-8-24(5)37(42)36-18-28-17-31(12-15-35(28)45-36)44-32-19-29(20-32)40-23(3)4/h10-18,22-26,29,32,39-40H,8-9,19-21H2,1-7H3/b14-10+/t24?,25?,26-,29-,32+/m1/s1. The number of ether oxygens (including phenoxy) is 2. The van der Waals surface area contributed by atoms with Crippen LogP contribution in [0.15, 0.2) is 53.0 Å². The molecule has 1 saturated carbocycles. The Morgan fingerprint density at radius 2 is 1.71 bits per heavy atom. The van der Waals surface area contributed by atoms with E-state index in [1.807, 2.05) is 38.1 Å². The lowest BCUT2D eigenvalue weighted by Gasteiger charge is -2.37. The third kappa shape index (κ3) is 10.00. The molecule has 0 saturated heterocycles. The molecule has 2 N–H and O–H groups in total. The molecule has 2 unspecified atom stereocenters. The highest BCUT2D eigenvalue weighted by atomic mass is 19.1. The molecule has 0 aliphatic heterocycles. The summed E-state index contributed by atoms with van der Waals surface area (Å²) >= 11 is 0. The van der Waals surface area contributed by atoms with Crippen LogP contribution in [-0.4, -0.2) is 48.4 Å². The van der Waals surface area contributed by atoms with Crippen LogP contribution in [0.1, 0.15) is 90.3 Å². The summed E-state index contributed by atoms with van der Waals surface area (Å²) in [6, 6.07) is 13.3. The third-order valence-electron chi connectivity index (χ3n) is 8.23. The van der Waals surface area contributed by atoms with Gasteiger partial charge in [-0.15, -0.1) is 0 Å². The number of benzene rings is 2. The fourth-order valence-electron chi connectivity index (χ4n) is 5.38. The number of fused-ring (bicyclic) bond motifs is 1. The second-order valence-electron chi connectivity index (χ2n) is 13.2. The Kier molecular flexibility index (Phi) is 12.0. The minimum Gasteiger partial charge on any atom is -0.490 e. The Morgan fingerprint density at radius 3 is 2.42 bits per heavy atom. The van der Waals surface area contributed by atoms with E-state index in [4.69, 9.17) is 13.9 Å². The molecule has 1 fully saturated rings. The monoisotopic (exact) mass is 620 g/mol. The van der Waals surface area contributed by atoms with E-state index >= 15 is 0 Å². The van der Waals surface area contributed by atoms with Gasteiger partial charge in [0.15, 0.2) is 11.5 Å². The van der Waals surface area contributed by atoms with Gasteiger partial charge in [-0.05, 0) is 94.1 Å². The normalized spacial score (nSPS) is 18.7. The minimum absolute atomic E-state index is 0.00424. The van der Waals surface area contributed by atoms with Crippen LogP contribution < -0.4 is 20.1 Å². The number of furan rings is 1. The van der Waals surface area contributed by atoms with Crippen molar-refractivity contribution < 1.29 is 27.9 Å². The Bertz CT molecular complexity index is 1470. The summed E-state index contributed by atoms with van der Waals surface area (Å²) in [5.74, 6) is 0.919. The smallest absolute Gasteiger partial charge is 0.200 e. The van der Waals surface area contributed by atoms with Crippen LogP contribution in [0, 0.1) is 17.7 Å². The topological polar surface area (TPSA) is 89.8 Å². The summed E-state index contributed by atoms with van der Waals surface area (Å²) in [4.78, 5) is 25.1. The highest BCUT2D eigenvalue weighted by molar-refractivity contribution is 5.99. The molecule has 3 atom stereocenters. The third-order valence-corrected chi connectivity index (χ3v) is 8.23.